The topological polar surface area (TPSA) is 58.6 Å². The number of carbonyl (C=O) groups excluding carboxylic acids is 2. The summed E-state index contributed by atoms with van der Waals surface area (Å²) in [7, 11) is 0. The number of anilines is 2. The molecule has 6 heteroatoms. The molecule has 2 aromatic rings. The molecule has 0 saturated carbocycles. The number of benzene rings is 2. The van der Waals surface area contributed by atoms with Gasteiger partial charge in [0, 0.05) is 25.1 Å². The second kappa shape index (κ2) is 7.27. The van der Waals surface area contributed by atoms with Crippen LogP contribution in [0.5, 0.6) is 5.75 Å². The largest absolute Gasteiger partial charge is 0.425 e. The third kappa shape index (κ3) is 3.85. The Hall–Kier alpha value is -2.34. The number of hydrogen-bond acceptors (Lipinski definition) is 4. The molecule has 0 aromatic heterocycles. The predicted molar refractivity (Wildman–Crippen MR) is 101 cm³/mol. The van der Waals surface area contributed by atoms with Crippen LogP contribution >= 0.6 is 15.9 Å². The van der Waals surface area contributed by atoms with Crippen LogP contribution in [0.15, 0.2) is 46.9 Å². The lowest BCUT2D eigenvalue weighted by atomic mass is 10.1. The molecule has 0 radical (unpaired) electrons. The highest BCUT2D eigenvalue weighted by Gasteiger charge is 2.25. The van der Waals surface area contributed by atoms with E-state index in [1.807, 2.05) is 24.3 Å². The van der Waals surface area contributed by atoms with Gasteiger partial charge >= 0.3 is 5.97 Å². The smallest absolute Gasteiger partial charge is 0.308 e. The lowest BCUT2D eigenvalue weighted by Crippen LogP contribution is -2.32. The fraction of sp³-hybridized carbons (Fsp3) is 0.263. The van der Waals surface area contributed by atoms with Crippen molar-refractivity contribution in [1.29, 1.82) is 0 Å². The predicted octanol–water partition coefficient (Wildman–Crippen LogP) is 4.23. The molecule has 1 amide bonds. The maximum atomic E-state index is 13.1. The third-order valence-electron chi connectivity index (χ3n) is 4.06. The summed E-state index contributed by atoms with van der Waals surface area (Å²) in [6.07, 6.45) is 0.841. The molecule has 5 nitrogen and oxygen atoms in total. The minimum atomic E-state index is -0.427. The minimum absolute atomic E-state index is 0.121. The number of para-hydroxylation sites is 2. The van der Waals surface area contributed by atoms with E-state index < -0.39 is 5.97 Å². The zero-order valence-corrected chi connectivity index (χ0v) is 15.7. The summed E-state index contributed by atoms with van der Waals surface area (Å²) >= 11 is 3.34. The maximum absolute atomic E-state index is 13.1. The quantitative estimate of drug-likeness (QED) is 0.603. The Morgan fingerprint density at radius 3 is 2.76 bits per heavy atom. The van der Waals surface area contributed by atoms with Gasteiger partial charge < -0.3 is 15.0 Å². The van der Waals surface area contributed by atoms with Gasteiger partial charge in [-0.15, -0.1) is 0 Å². The second-order valence-corrected chi connectivity index (χ2v) is 6.90. The van der Waals surface area contributed by atoms with Gasteiger partial charge in [-0.25, -0.2) is 0 Å². The summed E-state index contributed by atoms with van der Waals surface area (Å²) in [6, 6.07) is 13.1. The van der Waals surface area contributed by atoms with Crippen molar-refractivity contribution in [3.8, 4) is 5.75 Å². The van der Waals surface area contributed by atoms with Gasteiger partial charge in [-0.1, -0.05) is 12.1 Å². The van der Waals surface area contributed by atoms with Crippen molar-refractivity contribution in [2.45, 2.75) is 26.3 Å². The van der Waals surface area contributed by atoms with Crippen LogP contribution in [0.1, 0.15) is 30.6 Å². The fourth-order valence-electron chi connectivity index (χ4n) is 2.85. The van der Waals surface area contributed by atoms with E-state index in [1.54, 1.807) is 23.1 Å². The van der Waals surface area contributed by atoms with E-state index in [-0.39, 0.29) is 11.9 Å². The molecule has 0 unspecified atom stereocenters. The number of rotatable bonds is 2. The van der Waals surface area contributed by atoms with Crippen molar-refractivity contribution in [2.75, 3.05) is 16.8 Å². The molecule has 1 aliphatic heterocycles. The minimum Gasteiger partial charge on any atom is -0.425 e. The van der Waals surface area contributed by atoms with Crippen LogP contribution < -0.4 is 15.0 Å². The molecule has 1 N–H and O–H groups in total. The first-order chi connectivity index (χ1) is 12.0. The molecule has 0 saturated heterocycles. The Morgan fingerprint density at radius 1 is 1.24 bits per heavy atom. The van der Waals surface area contributed by atoms with E-state index >= 15 is 0 Å². The average molecular weight is 403 g/mol. The molecule has 1 heterocycles. The summed E-state index contributed by atoms with van der Waals surface area (Å²) < 4.78 is 5.80. The van der Waals surface area contributed by atoms with Gasteiger partial charge in [-0.3, -0.25) is 9.59 Å². The molecule has 0 spiro atoms. The Kier molecular flexibility index (Phi) is 5.08. The van der Waals surface area contributed by atoms with Gasteiger partial charge in [0.05, 0.1) is 15.8 Å². The molecule has 1 aliphatic rings. The summed E-state index contributed by atoms with van der Waals surface area (Å²) in [5.41, 5.74) is 2.27. The van der Waals surface area contributed by atoms with Gasteiger partial charge in [0.2, 0.25) is 0 Å². The molecule has 25 heavy (non-hydrogen) atoms. The van der Waals surface area contributed by atoms with E-state index in [9.17, 15) is 9.59 Å². The summed E-state index contributed by atoms with van der Waals surface area (Å²) in [4.78, 5) is 26.1. The van der Waals surface area contributed by atoms with E-state index in [2.05, 4.69) is 28.2 Å². The standard InChI is InChI=1S/C19H19BrN2O3/c1-12-9-10-22(17-6-4-3-5-16(17)21-12)19(24)14-7-8-15(20)18(11-14)25-13(2)23/h3-8,11-12,21H,9-10H2,1-2H3/t12-/m0/s1. The van der Waals surface area contributed by atoms with Gasteiger partial charge in [0.1, 0.15) is 5.75 Å². The summed E-state index contributed by atoms with van der Waals surface area (Å²) in [5, 5.41) is 3.43. The zero-order chi connectivity index (χ0) is 18.0. The van der Waals surface area contributed by atoms with Crippen molar-refractivity contribution in [2.24, 2.45) is 0 Å². The monoisotopic (exact) mass is 402 g/mol. The number of carbonyl (C=O) groups is 2. The van der Waals surface area contributed by atoms with Gasteiger partial charge in [-0.2, -0.15) is 0 Å². The van der Waals surface area contributed by atoms with E-state index in [4.69, 9.17) is 4.74 Å². The van der Waals surface area contributed by atoms with Crippen LogP contribution in [0, 0.1) is 0 Å². The Bertz CT molecular complexity index is 822. The zero-order valence-electron chi connectivity index (χ0n) is 14.1. The molecule has 130 valence electrons. The number of nitrogens with one attached hydrogen (secondary N) is 1. The third-order valence-corrected chi connectivity index (χ3v) is 4.71. The SMILES string of the molecule is CC(=O)Oc1cc(C(=O)N2CC[C@H](C)Nc3ccccc32)ccc1Br. The Balaban J connectivity index is 1.97. The van der Waals surface area contributed by atoms with Crippen LogP contribution in [0.4, 0.5) is 11.4 Å². The highest BCUT2D eigenvalue weighted by Crippen LogP contribution is 2.32. The number of amides is 1. The number of nitrogens with zero attached hydrogens (tertiary/aromatic N) is 1. The number of esters is 1. The molecule has 0 bridgehead atoms. The molecule has 3 rings (SSSR count). The van der Waals surface area contributed by atoms with Crippen LogP contribution in [-0.2, 0) is 4.79 Å². The summed E-state index contributed by atoms with van der Waals surface area (Å²) in [6.45, 7) is 4.05. The van der Waals surface area contributed by atoms with E-state index in [0.29, 0.717) is 22.3 Å². The van der Waals surface area contributed by atoms with Crippen molar-refractivity contribution >= 4 is 39.2 Å². The highest BCUT2D eigenvalue weighted by molar-refractivity contribution is 9.10. The fourth-order valence-corrected chi connectivity index (χ4v) is 3.18. The molecule has 2 aromatic carbocycles. The molecule has 0 fully saturated rings. The molecule has 1 atom stereocenters. The lowest BCUT2D eigenvalue weighted by molar-refractivity contribution is -0.131. The second-order valence-electron chi connectivity index (χ2n) is 6.05. The van der Waals surface area contributed by atoms with E-state index in [1.165, 1.54) is 6.92 Å². The van der Waals surface area contributed by atoms with Crippen LogP contribution in [-0.4, -0.2) is 24.5 Å². The number of hydrogen-bond donors (Lipinski definition) is 1. The number of halogens is 1. The maximum Gasteiger partial charge on any atom is 0.308 e. The Morgan fingerprint density at radius 2 is 2.00 bits per heavy atom. The average Bonchev–Trinajstić information content (AvgIpc) is 2.74. The first-order valence-corrected chi connectivity index (χ1v) is 8.90. The highest BCUT2D eigenvalue weighted by atomic mass is 79.9. The number of fused-ring (bicyclic) bond motifs is 1. The lowest BCUT2D eigenvalue weighted by Gasteiger charge is -2.22. The van der Waals surface area contributed by atoms with Gasteiger partial charge in [-0.05, 0) is 59.6 Å². The molecular weight excluding hydrogens is 384 g/mol. The van der Waals surface area contributed by atoms with Crippen molar-refractivity contribution in [3.63, 3.8) is 0 Å². The van der Waals surface area contributed by atoms with E-state index in [0.717, 1.165) is 17.8 Å². The molecule has 0 aliphatic carbocycles. The summed E-state index contributed by atoms with van der Waals surface area (Å²) in [5.74, 6) is -0.208. The first kappa shape index (κ1) is 17.5. The number of ether oxygens (including phenoxy) is 1. The van der Waals surface area contributed by atoms with Crippen molar-refractivity contribution in [1.82, 2.24) is 0 Å². The van der Waals surface area contributed by atoms with Crippen LogP contribution in [0.3, 0.4) is 0 Å². The Labute approximate surface area is 155 Å². The van der Waals surface area contributed by atoms with Gasteiger partial charge in [0.25, 0.3) is 5.91 Å². The van der Waals surface area contributed by atoms with Crippen LogP contribution in [0.2, 0.25) is 0 Å². The van der Waals surface area contributed by atoms with Crippen molar-refractivity contribution in [3.05, 3.63) is 52.5 Å². The van der Waals surface area contributed by atoms with Gasteiger partial charge in [0.15, 0.2) is 0 Å². The first-order valence-electron chi connectivity index (χ1n) is 8.11. The van der Waals surface area contributed by atoms with Crippen molar-refractivity contribution < 1.29 is 14.3 Å². The molecular formula is C19H19BrN2O3. The van der Waals surface area contributed by atoms with Crippen LogP contribution in [0.25, 0.3) is 0 Å². The normalized spacial score (nSPS) is 16.4.